The number of carbonyl (C=O) groups is 2. The highest BCUT2D eigenvalue weighted by Crippen LogP contribution is 2.13. The van der Waals surface area contributed by atoms with E-state index in [1.165, 1.54) is 36.5 Å². The maximum atomic E-state index is 12.9. The van der Waals surface area contributed by atoms with Crippen LogP contribution in [0.2, 0.25) is 0 Å². The lowest BCUT2D eigenvalue weighted by Gasteiger charge is -2.07. The van der Waals surface area contributed by atoms with Gasteiger partial charge < -0.3 is 5.32 Å². The summed E-state index contributed by atoms with van der Waals surface area (Å²) in [4.78, 5) is 24.4. The maximum Gasteiger partial charge on any atom is 0.271 e. The molecule has 0 saturated heterocycles. The Morgan fingerprint density at radius 2 is 1.56 bits per heavy atom. The first-order valence-corrected chi connectivity index (χ1v) is 8.17. The molecule has 0 aliphatic heterocycles. The molecule has 0 aliphatic carbocycles. The number of hydrazone groups is 1. The number of rotatable bonds is 5. The molecule has 0 spiro atoms. The molecule has 0 heterocycles. The van der Waals surface area contributed by atoms with Crippen molar-refractivity contribution < 1.29 is 14.0 Å². The fourth-order valence-corrected chi connectivity index (χ4v) is 2.31. The summed E-state index contributed by atoms with van der Waals surface area (Å²) in [6, 6.07) is 21.0. The van der Waals surface area contributed by atoms with E-state index < -0.39 is 17.6 Å². The molecule has 5 nitrogen and oxygen atoms in total. The van der Waals surface area contributed by atoms with E-state index in [1.54, 1.807) is 18.2 Å². The Bertz CT molecular complexity index is 970. The summed E-state index contributed by atoms with van der Waals surface area (Å²) in [7, 11) is 0. The second kappa shape index (κ2) is 8.53. The van der Waals surface area contributed by atoms with Gasteiger partial charge in [-0.3, -0.25) is 9.59 Å². The van der Waals surface area contributed by atoms with Crippen molar-refractivity contribution in [3.05, 3.63) is 101 Å². The van der Waals surface area contributed by atoms with Crippen LogP contribution in [0.4, 0.5) is 10.1 Å². The molecular weight excluding hydrogens is 345 g/mol. The molecule has 0 aromatic heterocycles. The number of anilines is 1. The predicted molar refractivity (Wildman–Crippen MR) is 102 cm³/mol. The fourth-order valence-electron chi connectivity index (χ4n) is 2.31. The first-order valence-electron chi connectivity index (χ1n) is 8.17. The van der Waals surface area contributed by atoms with Crippen LogP contribution in [0.5, 0.6) is 0 Å². The van der Waals surface area contributed by atoms with Crippen molar-refractivity contribution >= 4 is 23.7 Å². The molecule has 3 rings (SSSR count). The molecule has 3 aromatic carbocycles. The summed E-state index contributed by atoms with van der Waals surface area (Å²) >= 11 is 0. The van der Waals surface area contributed by atoms with Crippen LogP contribution in [0.1, 0.15) is 26.3 Å². The third-order valence-corrected chi connectivity index (χ3v) is 3.67. The number of carbonyl (C=O) groups excluding carboxylic acids is 2. The smallest absolute Gasteiger partial charge is 0.271 e. The van der Waals surface area contributed by atoms with Crippen molar-refractivity contribution in [2.24, 2.45) is 5.10 Å². The number of hydrogen-bond donors (Lipinski definition) is 2. The molecule has 0 bridgehead atoms. The Labute approximate surface area is 155 Å². The largest absolute Gasteiger partial charge is 0.322 e. The molecule has 0 aliphatic rings. The standard InChI is InChI=1S/C21H16FN3O2/c22-18-11-9-16(10-12-18)20(26)24-19-8-4-7-17(13-19)21(27)25-23-14-15-5-2-1-3-6-15/h1-14H,(H,24,26)(H,25,27). The van der Waals surface area contributed by atoms with E-state index in [4.69, 9.17) is 0 Å². The van der Waals surface area contributed by atoms with Gasteiger partial charge in [-0.25, -0.2) is 9.82 Å². The SMILES string of the molecule is O=C(NN=Cc1ccccc1)c1cccc(NC(=O)c2ccc(F)cc2)c1. The van der Waals surface area contributed by atoms with Gasteiger partial charge in [0, 0.05) is 16.8 Å². The van der Waals surface area contributed by atoms with Crippen LogP contribution >= 0.6 is 0 Å². The van der Waals surface area contributed by atoms with Crippen molar-refractivity contribution in [1.29, 1.82) is 0 Å². The molecule has 0 saturated carbocycles. The van der Waals surface area contributed by atoms with Gasteiger partial charge in [-0.05, 0) is 48.0 Å². The highest BCUT2D eigenvalue weighted by Gasteiger charge is 2.09. The van der Waals surface area contributed by atoms with Crippen molar-refractivity contribution in [3.63, 3.8) is 0 Å². The lowest BCUT2D eigenvalue weighted by Crippen LogP contribution is -2.18. The van der Waals surface area contributed by atoms with Gasteiger partial charge in [-0.15, -0.1) is 0 Å². The van der Waals surface area contributed by atoms with E-state index in [0.29, 0.717) is 16.8 Å². The number of nitrogens with zero attached hydrogens (tertiary/aromatic N) is 1. The average Bonchev–Trinajstić information content (AvgIpc) is 2.69. The number of amides is 2. The van der Waals surface area contributed by atoms with Crippen LogP contribution in [0.25, 0.3) is 0 Å². The van der Waals surface area contributed by atoms with E-state index in [-0.39, 0.29) is 0 Å². The second-order valence-electron chi connectivity index (χ2n) is 5.65. The molecular formula is C21H16FN3O2. The van der Waals surface area contributed by atoms with Crippen molar-refractivity contribution in [3.8, 4) is 0 Å². The first-order chi connectivity index (χ1) is 13.1. The van der Waals surface area contributed by atoms with Crippen LogP contribution < -0.4 is 10.7 Å². The van der Waals surface area contributed by atoms with E-state index >= 15 is 0 Å². The van der Waals surface area contributed by atoms with E-state index in [2.05, 4.69) is 15.8 Å². The lowest BCUT2D eigenvalue weighted by molar-refractivity contribution is 0.0953. The van der Waals surface area contributed by atoms with Gasteiger partial charge >= 0.3 is 0 Å². The van der Waals surface area contributed by atoms with Crippen LogP contribution in [0.15, 0.2) is 84.0 Å². The van der Waals surface area contributed by atoms with Crippen LogP contribution in [0.3, 0.4) is 0 Å². The number of nitrogens with one attached hydrogen (secondary N) is 2. The quantitative estimate of drug-likeness (QED) is 0.535. The van der Waals surface area contributed by atoms with Gasteiger partial charge in [-0.2, -0.15) is 5.10 Å². The highest BCUT2D eigenvalue weighted by molar-refractivity contribution is 6.05. The molecule has 134 valence electrons. The molecule has 27 heavy (non-hydrogen) atoms. The summed E-state index contributed by atoms with van der Waals surface area (Å²) in [5, 5.41) is 6.59. The summed E-state index contributed by atoms with van der Waals surface area (Å²) < 4.78 is 12.9. The average molecular weight is 361 g/mol. The summed E-state index contributed by atoms with van der Waals surface area (Å²) in [5.41, 5.74) is 4.41. The Kier molecular flexibility index (Phi) is 5.69. The molecule has 2 amide bonds. The van der Waals surface area contributed by atoms with Crippen LogP contribution in [-0.4, -0.2) is 18.0 Å². The van der Waals surface area contributed by atoms with E-state index in [1.807, 2.05) is 30.3 Å². The summed E-state index contributed by atoms with van der Waals surface area (Å²) in [6.07, 6.45) is 1.54. The zero-order valence-corrected chi connectivity index (χ0v) is 14.2. The molecule has 3 aromatic rings. The zero-order valence-electron chi connectivity index (χ0n) is 14.2. The number of benzene rings is 3. The Morgan fingerprint density at radius 3 is 2.30 bits per heavy atom. The summed E-state index contributed by atoms with van der Waals surface area (Å²) in [5.74, 6) is -1.21. The van der Waals surface area contributed by atoms with Crippen molar-refractivity contribution in [2.45, 2.75) is 0 Å². The lowest BCUT2D eigenvalue weighted by atomic mass is 10.1. The van der Waals surface area contributed by atoms with Gasteiger partial charge in [0.25, 0.3) is 11.8 Å². The minimum absolute atomic E-state index is 0.318. The third-order valence-electron chi connectivity index (χ3n) is 3.67. The van der Waals surface area contributed by atoms with Gasteiger partial charge in [0.15, 0.2) is 0 Å². The predicted octanol–water partition coefficient (Wildman–Crippen LogP) is 3.84. The third kappa shape index (κ3) is 5.09. The number of hydrogen-bond acceptors (Lipinski definition) is 3. The Hall–Kier alpha value is -3.80. The molecule has 0 unspecified atom stereocenters. The van der Waals surface area contributed by atoms with E-state index in [9.17, 15) is 14.0 Å². The molecule has 0 fully saturated rings. The summed E-state index contributed by atoms with van der Waals surface area (Å²) in [6.45, 7) is 0. The minimum atomic E-state index is -0.415. The fraction of sp³-hybridized carbons (Fsp3) is 0. The molecule has 6 heteroatoms. The topological polar surface area (TPSA) is 70.6 Å². The van der Waals surface area contributed by atoms with E-state index in [0.717, 1.165) is 5.56 Å². The van der Waals surface area contributed by atoms with Crippen molar-refractivity contribution in [1.82, 2.24) is 5.43 Å². The molecule has 0 radical (unpaired) electrons. The van der Waals surface area contributed by atoms with Crippen molar-refractivity contribution in [2.75, 3.05) is 5.32 Å². The Morgan fingerprint density at radius 1 is 0.815 bits per heavy atom. The highest BCUT2D eigenvalue weighted by atomic mass is 19.1. The molecule has 0 atom stereocenters. The van der Waals surface area contributed by atoms with Crippen LogP contribution in [0, 0.1) is 5.82 Å². The van der Waals surface area contributed by atoms with Gasteiger partial charge in [-0.1, -0.05) is 36.4 Å². The first kappa shape index (κ1) is 18.0. The number of halogens is 1. The van der Waals surface area contributed by atoms with Gasteiger partial charge in [0.2, 0.25) is 0 Å². The second-order valence-corrected chi connectivity index (χ2v) is 5.65. The maximum absolute atomic E-state index is 12.9. The van der Waals surface area contributed by atoms with Gasteiger partial charge in [0.1, 0.15) is 5.82 Å². The zero-order chi connectivity index (χ0) is 19.1. The Balaban J connectivity index is 1.64. The van der Waals surface area contributed by atoms with Gasteiger partial charge in [0.05, 0.1) is 6.21 Å². The molecule has 2 N–H and O–H groups in total. The minimum Gasteiger partial charge on any atom is -0.322 e. The normalized spacial score (nSPS) is 10.6. The monoisotopic (exact) mass is 361 g/mol. The van der Waals surface area contributed by atoms with Crippen LogP contribution in [-0.2, 0) is 0 Å².